The van der Waals surface area contributed by atoms with Crippen LogP contribution in [0, 0.1) is 5.92 Å². The van der Waals surface area contributed by atoms with Crippen LogP contribution in [0.1, 0.15) is 25.5 Å². The molecule has 0 bridgehead atoms. The maximum atomic E-state index is 12.0. The lowest BCUT2D eigenvalue weighted by Crippen LogP contribution is -2.46. The van der Waals surface area contributed by atoms with E-state index < -0.39 is 0 Å². The minimum atomic E-state index is -0.200. The van der Waals surface area contributed by atoms with Crippen molar-refractivity contribution in [3.63, 3.8) is 0 Å². The van der Waals surface area contributed by atoms with Gasteiger partial charge in [0.2, 0.25) is 5.91 Å². The Morgan fingerprint density at radius 1 is 1.42 bits per heavy atom. The summed E-state index contributed by atoms with van der Waals surface area (Å²) in [6.45, 7) is 4.73. The standard InChI is InChI=1S/C15H22N2O2/c1-10-9-19-13-8-6-5-7-12(13)14(10)16-11(2)15(18)17(3)4/h5-8,10-11,14,16H,9H2,1-4H3. The maximum absolute atomic E-state index is 12.0. The molecule has 1 aromatic rings. The van der Waals surface area contributed by atoms with E-state index in [0.717, 1.165) is 11.3 Å². The number of fused-ring (bicyclic) bond motifs is 1. The number of carbonyl (C=O) groups excluding carboxylic acids is 1. The van der Waals surface area contributed by atoms with E-state index in [1.165, 1.54) is 0 Å². The fraction of sp³-hybridized carbons (Fsp3) is 0.533. The van der Waals surface area contributed by atoms with Crippen LogP contribution in [0.2, 0.25) is 0 Å². The third-order valence-electron chi connectivity index (χ3n) is 3.57. The Balaban J connectivity index is 2.17. The first-order valence-corrected chi connectivity index (χ1v) is 6.69. The molecule has 1 aliphatic rings. The second-order valence-corrected chi connectivity index (χ2v) is 5.42. The highest BCUT2D eigenvalue weighted by Gasteiger charge is 2.30. The second kappa shape index (κ2) is 5.61. The molecule has 0 fully saturated rings. The average Bonchev–Trinajstić information content (AvgIpc) is 2.40. The Morgan fingerprint density at radius 2 is 2.11 bits per heavy atom. The van der Waals surface area contributed by atoms with Crippen LogP contribution >= 0.6 is 0 Å². The molecule has 2 rings (SSSR count). The number of benzene rings is 1. The minimum Gasteiger partial charge on any atom is -0.493 e. The molecule has 0 aliphatic carbocycles. The Bertz CT molecular complexity index is 459. The lowest BCUT2D eigenvalue weighted by Gasteiger charge is -2.34. The van der Waals surface area contributed by atoms with Crippen LogP contribution in [-0.2, 0) is 4.79 Å². The van der Waals surface area contributed by atoms with E-state index in [2.05, 4.69) is 18.3 Å². The Hall–Kier alpha value is -1.55. The highest BCUT2D eigenvalue weighted by atomic mass is 16.5. The highest BCUT2D eigenvalue weighted by molar-refractivity contribution is 5.81. The van der Waals surface area contributed by atoms with Crippen LogP contribution in [0.25, 0.3) is 0 Å². The first-order chi connectivity index (χ1) is 9.00. The Labute approximate surface area is 114 Å². The van der Waals surface area contributed by atoms with Gasteiger partial charge in [-0.15, -0.1) is 0 Å². The normalized spacial score (nSPS) is 23.2. The van der Waals surface area contributed by atoms with E-state index in [0.29, 0.717) is 12.5 Å². The summed E-state index contributed by atoms with van der Waals surface area (Å²) in [4.78, 5) is 13.6. The first-order valence-electron chi connectivity index (χ1n) is 6.69. The summed E-state index contributed by atoms with van der Waals surface area (Å²) < 4.78 is 5.72. The largest absolute Gasteiger partial charge is 0.493 e. The first kappa shape index (κ1) is 13.9. The predicted molar refractivity (Wildman–Crippen MR) is 75.1 cm³/mol. The summed E-state index contributed by atoms with van der Waals surface area (Å²) in [7, 11) is 3.56. The fourth-order valence-corrected chi connectivity index (χ4v) is 2.47. The maximum Gasteiger partial charge on any atom is 0.238 e. The van der Waals surface area contributed by atoms with Crippen molar-refractivity contribution in [3.05, 3.63) is 29.8 Å². The molecular formula is C15H22N2O2. The number of hydrogen-bond acceptors (Lipinski definition) is 3. The van der Waals surface area contributed by atoms with Gasteiger partial charge in [0.15, 0.2) is 0 Å². The van der Waals surface area contributed by atoms with Crippen molar-refractivity contribution in [2.45, 2.75) is 25.9 Å². The zero-order chi connectivity index (χ0) is 14.0. The van der Waals surface area contributed by atoms with Gasteiger partial charge in [0.1, 0.15) is 5.75 Å². The van der Waals surface area contributed by atoms with Gasteiger partial charge in [0.25, 0.3) is 0 Å². The van der Waals surface area contributed by atoms with Gasteiger partial charge in [-0.3, -0.25) is 10.1 Å². The van der Waals surface area contributed by atoms with E-state index in [9.17, 15) is 4.79 Å². The van der Waals surface area contributed by atoms with Crippen LogP contribution in [0.15, 0.2) is 24.3 Å². The van der Waals surface area contributed by atoms with E-state index in [1.54, 1.807) is 19.0 Å². The molecule has 0 saturated heterocycles. The minimum absolute atomic E-state index is 0.0937. The molecule has 1 aromatic carbocycles. The molecule has 1 heterocycles. The summed E-state index contributed by atoms with van der Waals surface area (Å²) in [5.74, 6) is 1.35. The quantitative estimate of drug-likeness (QED) is 0.903. The third-order valence-corrected chi connectivity index (χ3v) is 3.57. The van der Waals surface area contributed by atoms with Crippen LogP contribution in [0.5, 0.6) is 5.75 Å². The van der Waals surface area contributed by atoms with Crippen molar-refractivity contribution < 1.29 is 9.53 Å². The van der Waals surface area contributed by atoms with E-state index >= 15 is 0 Å². The van der Waals surface area contributed by atoms with Gasteiger partial charge >= 0.3 is 0 Å². The van der Waals surface area contributed by atoms with Crippen molar-refractivity contribution in [1.29, 1.82) is 0 Å². The molecule has 0 radical (unpaired) electrons. The zero-order valence-electron chi connectivity index (χ0n) is 12.0. The molecule has 3 atom stereocenters. The van der Waals surface area contributed by atoms with Crippen molar-refractivity contribution in [1.82, 2.24) is 10.2 Å². The molecule has 0 saturated carbocycles. The predicted octanol–water partition coefficient (Wildman–Crippen LogP) is 1.82. The van der Waals surface area contributed by atoms with Gasteiger partial charge in [-0.2, -0.15) is 0 Å². The van der Waals surface area contributed by atoms with Crippen LogP contribution in [0.3, 0.4) is 0 Å². The molecule has 4 nitrogen and oxygen atoms in total. The molecular weight excluding hydrogens is 240 g/mol. The van der Waals surface area contributed by atoms with Crippen molar-refractivity contribution in [2.75, 3.05) is 20.7 Å². The van der Waals surface area contributed by atoms with Crippen molar-refractivity contribution in [3.8, 4) is 5.75 Å². The average molecular weight is 262 g/mol. The fourth-order valence-electron chi connectivity index (χ4n) is 2.47. The molecule has 3 unspecified atom stereocenters. The van der Waals surface area contributed by atoms with Crippen molar-refractivity contribution in [2.24, 2.45) is 5.92 Å². The zero-order valence-corrected chi connectivity index (χ0v) is 12.0. The van der Waals surface area contributed by atoms with Crippen LogP contribution in [-0.4, -0.2) is 37.6 Å². The van der Waals surface area contributed by atoms with E-state index in [-0.39, 0.29) is 18.0 Å². The summed E-state index contributed by atoms with van der Waals surface area (Å²) in [6.07, 6.45) is 0. The van der Waals surface area contributed by atoms with Gasteiger partial charge in [-0.25, -0.2) is 0 Å². The number of ether oxygens (including phenoxy) is 1. The van der Waals surface area contributed by atoms with Crippen molar-refractivity contribution >= 4 is 5.91 Å². The summed E-state index contributed by atoms with van der Waals surface area (Å²) in [6, 6.07) is 7.98. The summed E-state index contributed by atoms with van der Waals surface area (Å²) >= 11 is 0. The van der Waals surface area contributed by atoms with E-state index in [4.69, 9.17) is 4.74 Å². The molecule has 4 heteroatoms. The van der Waals surface area contributed by atoms with Gasteiger partial charge < -0.3 is 9.64 Å². The smallest absolute Gasteiger partial charge is 0.238 e. The lowest BCUT2D eigenvalue weighted by molar-refractivity contribution is -0.130. The number of rotatable bonds is 3. The SMILES string of the molecule is CC(NC1c2ccccc2OCC1C)C(=O)N(C)C. The third kappa shape index (κ3) is 2.89. The van der Waals surface area contributed by atoms with Gasteiger partial charge in [-0.05, 0) is 13.0 Å². The summed E-state index contributed by atoms with van der Waals surface area (Å²) in [5.41, 5.74) is 1.14. The molecule has 1 N–H and O–H groups in total. The number of para-hydroxylation sites is 1. The van der Waals surface area contributed by atoms with Crippen LogP contribution in [0.4, 0.5) is 0 Å². The Kier molecular flexibility index (Phi) is 4.10. The van der Waals surface area contributed by atoms with Gasteiger partial charge in [0, 0.05) is 31.6 Å². The van der Waals surface area contributed by atoms with Crippen LogP contribution < -0.4 is 10.1 Å². The molecule has 0 aromatic heterocycles. The molecule has 1 amide bonds. The number of nitrogens with zero attached hydrogens (tertiary/aromatic N) is 1. The van der Waals surface area contributed by atoms with Gasteiger partial charge in [-0.1, -0.05) is 25.1 Å². The monoisotopic (exact) mass is 262 g/mol. The number of likely N-dealkylation sites (N-methyl/N-ethyl adjacent to an activating group) is 1. The van der Waals surface area contributed by atoms with E-state index in [1.807, 2.05) is 25.1 Å². The number of amides is 1. The Morgan fingerprint density at radius 3 is 2.79 bits per heavy atom. The second-order valence-electron chi connectivity index (χ2n) is 5.42. The number of nitrogens with one attached hydrogen (secondary N) is 1. The molecule has 19 heavy (non-hydrogen) atoms. The number of carbonyl (C=O) groups is 1. The molecule has 104 valence electrons. The molecule has 1 aliphatic heterocycles. The number of hydrogen-bond donors (Lipinski definition) is 1. The topological polar surface area (TPSA) is 41.6 Å². The lowest BCUT2D eigenvalue weighted by atomic mass is 9.91. The molecule has 0 spiro atoms. The highest BCUT2D eigenvalue weighted by Crippen LogP contribution is 2.35. The summed E-state index contributed by atoms with van der Waals surface area (Å²) in [5, 5.41) is 3.43. The van der Waals surface area contributed by atoms with Gasteiger partial charge in [0.05, 0.1) is 12.6 Å².